The van der Waals surface area contributed by atoms with Crippen molar-refractivity contribution in [2.75, 3.05) is 7.11 Å². The molecule has 0 N–H and O–H groups in total. The maximum Gasteiger partial charge on any atom is 0.162 e. The van der Waals surface area contributed by atoms with E-state index in [0.29, 0.717) is 12.3 Å². The molecular formula is C21H23N3O2. The highest BCUT2D eigenvalue weighted by Gasteiger charge is 2.17. The van der Waals surface area contributed by atoms with Crippen LogP contribution in [0.2, 0.25) is 0 Å². The van der Waals surface area contributed by atoms with E-state index in [1.165, 1.54) is 12.7 Å². The minimum absolute atomic E-state index is 0.438. The molecule has 0 fully saturated rings. The highest BCUT2D eigenvalue weighted by molar-refractivity contribution is 6.11. The summed E-state index contributed by atoms with van der Waals surface area (Å²) in [5.41, 5.74) is 4.93. The summed E-state index contributed by atoms with van der Waals surface area (Å²) in [6.07, 6.45) is 3.63. The second-order valence-electron chi connectivity index (χ2n) is 6.20. The van der Waals surface area contributed by atoms with Gasteiger partial charge in [0.2, 0.25) is 0 Å². The van der Waals surface area contributed by atoms with Gasteiger partial charge in [-0.3, -0.25) is 0 Å². The fourth-order valence-electron chi connectivity index (χ4n) is 2.79. The summed E-state index contributed by atoms with van der Waals surface area (Å²) in [5.74, 6) is 1.63. The van der Waals surface area contributed by atoms with Gasteiger partial charge in [-0.2, -0.15) is 0 Å². The standard InChI is InChI=1S/C21H23N3O2/c1-15-9-10-16(2)19(13-15)26-14-17-7-5-6-8-18(17)20(23-25-4)21-22-11-12-24(21)3/h5-13H,14H2,1-4H3. The van der Waals surface area contributed by atoms with E-state index in [1.54, 1.807) is 6.20 Å². The van der Waals surface area contributed by atoms with E-state index >= 15 is 0 Å². The molecule has 26 heavy (non-hydrogen) atoms. The maximum atomic E-state index is 6.10. The van der Waals surface area contributed by atoms with Crippen LogP contribution in [0.3, 0.4) is 0 Å². The molecule has 0 bridgehead atoms. The van der Waals surface area contributed by atoms with Gasteiger partial charge in [0, 0.05) is 25.0 Å². The third-order valence-corrected chi connectivity index (χ3v) is 4.21. The van der Waals surface area contributed by atoms with E-state index in [0.717, 1.165) is 28.3 Å². The van der Waals surface area contributed by atoms with E-state index in [4.69, 9.17) is 9.57 Å². The third-order valence-electron chi connectivity index (χ3n) is 4.21. The first kappa shape index (κ1) is 17.7. The molecule has 1 aromatic heterocycles. The molecule has 0 aliphatic rings. The molecule has 0 amide bonds. The van der Waals surface area contributed by atoms with Crippen LogP contribution >= 0.6 is 0 Å². The summed E-state index contributed by atoms with van der Waals surface area (Å²) in [7, 11) is 3.47. The van der Waals surface area contributed by atoms with Gasteiger partial charge in [0.1, 0.15) is 19.5 Å². The number of nitrogens with zero attached hydrogens (tertiary/aromatic N) is 3. The summed E-state index contributed by atoms with van der Waals surface area (Å²) in [4.78, 5) is 9.49. The van der Waals surface area contributed by atoms with Crippen LogP contribution in [0.5, 0.6) is 5.75 Å². The average Bonchev–Trinajstić information content (AvgIpc) is 3.06. The number of benzene rings is 2. The fourth-order valence-corrected chi connectivity index (χ4v) is 2.79. The zero-order chi connectivity index (χ0) is 18.5. The second kappa shape index (κ2) is 7.87. The molecule has 0 aliphatic heterocycles. The SMILES string of the molecule is CON=C(c1ccccc1COc1cc(C)ccc1C)c1nccn1C. The number of aryl methyl sites for hydroxylation is 3. The lowest BCUT2D eigenvalue weighted by atomic mass is 10.0. The number of hydrogen-bond acceptors (Lipinski definition) is 4. The first-order valence-electron chi connectivity index (χ1n) is 8.47. The Labute approximate surface area is 153 Å². The van der Waals surface area contributed by atoms with Crippen molar-refractivity contribution in [3.8, 4) is 5.75 Å². The first-order chi connectivity index (χ1) is 12.6. The lowest BCUT2D eigenvalue weighted by molar-refractivity contribution is 0.213. The zero-order valence-electron chi connectivity index (χ0n) is 15.6. The molecule has 1 heterocycles. The van der Waals surface area contributed by atoms with Crippen LogP contribution in [0.15, 0.2) is 60.0 Å². The quantitative estimate of drug-likeness (QED) is 0.499. The summed E-state index contributed by atoms with van der Waals surface area (Å²) in [6.45, 7) is 4.55. The van der Waals surface area contributed by atoms with Crippen LogP contribution in [0.25, 0.3) is 0 Å². The van der Waals surface area contributed by atoms with E-state index in [1.807, 2.05) is 49.0 Å². The van der Waals surface area contributed by atoms with Crippen LogP contribution in [-0.4, -0.2) is 22.4 Å². The molecule has 5 heteroatoms. The van der Waals surface area contributed by atoms with Crippen molar-refractivity contribution < 1.29 is 9.57 Å². The normalized spacial score (nSPS) is 11.5. The minimum Gasteiger partial charge on any atom is -0.489 e. The lowest BCUT2D eigenvalue weighted by Gasteiger charge is -2.14. The van der Waals surface area contributed by atoms with Gasteiger partial charge >= 0.3 is 0 Å². The molecule has 2 aromatic carbocycles. The van der Waals surface area contributed by atoms with Gasteiger partial charge in [0.05, 0.1) is 0 Å². The predicted octanol–water partition coefficient (Wildman–Crippen LogP) is 4.01. The van der Waals surface area contributed by atoms with Crippen LogP contribution in [0.1, 0.15) is 28.1 Å². The molecule has 0 aliphatic carbocycles. The summed E-state index contributed by atoms with van der Waals surface area (Å²) in [6, 6.07) is 14.2. The molecule has 0 spiro atoms. The van der Waals surface area contributed by atoms with Gasteiger partial charge < -0.3 is 14.1 Å². The number of aromatic nitrogens is 2. The maximum absolute atomic E-state index is 6.10. The molecule has 3 rings (SSSR count). The average molecular weight is 349 g/mol. The molecule has 0 saturated carbocycles. The fraction of sp³-hybridized carbons (Fsp3) is 0.238. The molecular weight excluding hydrogens is 326 g/mol. The molecule has 0 radical (unpaired) electrons. The van der Waals surface area contributed by atoms with Gasteiger partial charge in [0.15, 0.2) is 11.5 Å². The van der Waals surface area contributed by atoms with Crippen molar-refractivity contribution in [2.45, 2.75) is 20.5 Å². The monoisotopic (exact) mass is 349 g/mol. The Bertz CT molecular complexity index is 929. The van der Waals surface area contributed by atoms with Gasteiger partial charge in [-0.05, 0) is 36.6 Å². The number of ether oxygens (including phenoxy) is 1. The Morgan fingerprint density at radius 3 is 2.69 bits per heavy atom. The Morgan fingerprint density at radius 1 is 1.15 bits per heavy atom. The van der Waals surface area contributed by atoms with Crippen molar-refractivity contribution in [3.05, 3.63) is 82.9 Å². The molecule has 134 valence electrons. The summed E-state index contributed by atoms with van der Waals surface area (Å²) < 4.78 is 8.01. The van der Waals surface area contributed by atoms with E-state index in [9.17, 15) is 0 Å². The van der Waals surface area contributed by atoms with Crippen molar-refractivity contribution in [1.82, 2.24) is 9.55 Å². The van der Waals surface area contributed by atoms with Crippen LogP contribution in [-0.2, 0) is 18.5 Å². The van der Waals surface area contributed by atoms with Crippen LogP contribution in [0, 0.1) is 13.8 Å². The number of hydrogen-bond donors (Lipinski definition) is 0. The van der Waals surface area contributed by atoms with Gasteiger partial charge in [-0.1, -0.05) is 41.6 Å². The van der Waals surface area contributed by atoms with Crippen LogP contribution in [0.4, 0.5) is 0 Å². The van der Waals surface area contributed by atoms with E-state index < -0.39 is 0 Å². The Balaban J connectivity index is 1.94. The Hall–Kier alpha value is -3.08. The minimum atomic E-state index is 0.438. The molecule has 0 unspecified atom stereocenters. The zero-order valence-corrected chi connectivity index (χ0v) is 15.6. The van der Waals surface area contributed by atoms with Crippen molar-refractivity contribution in [2.24, 2.45) is 12.2 Å². The van der Waals surface area contributed by atoms with Crippen LogP contribution < -0.4 is 4.74 Å². The van der Waals surface area contributed by atoms with Crippen molar-refractivity contribution >= 4 is 5.71 Å². The number of oxime groups is 1. The van der Waals surface area contributed by atoms with Gasteiger partial charge in [-0.15, -0.1) is 0 Å². The second-order valence-corrected chi connectivity index (χ2v) is 6.20. The smallest absolute Gasteiger partial charge is 0.162 e. The summed E-state index contributed by atoms with van der Waals surface area (Å²) >= 11 is 0. The molecule has 3 aromatic rings. The molecule has 5 nitrogen and oxygen atoms in total. The van der Waals surface area contributed by atoms with E-state index in [2.05, 4.69) is 35.3 Å². The highest BCUT2D eigenvalue weighted by Crippen LogP contribution is 2.22. The topological polar surface area (TPSA) is 48.6 Å². The number of rotatable bonds is 6. The van der Waals surface area contributed by atoms with Gasteiger partial charge in [0.25, 0.3) is 0 Å². The predicted molar refractivity (Wildman–Crippen MR) is 103 cm³/mol. The molecule has 0 saturated heterocycles. The van der Waals surface area contributed by atoms with Crippen molar-refractivity contribution in [1.29, 1.82) is 0 Å². The first-order valence-corrected chi connectivity index (χ1v) is 8.47. The third kappa shape index (κ3) is 3.77. The highest BCUT2D eigenvalue weighted by atomic mass is 16.6. The van der Waals surface area contributed by atoms with Gasteiger partial charge in [-0.25, -0.2) is 4.98 Å². The summed E-state index contributed by atoms with van der Waals surface area (Å²) in [5, 5.41) is 4.22. The molecule has 0 atom stereocenters. The largest absolute Gasteiger partial charge is 0.489 e. The lowest BCUT2D eigenvalue weighted by Crippen LogP contribution is -2.14. The Morgan fingerprint density at radius 2 is 1.96 bits per heavy atom. The van der Waals surface area contributed by atoms with E-state index in [-0.39, 0.29) is 0 Å². The Kier molecular flexibility index (Phi) is 5.37. The van der Waals surface area contributed by atoms with Crippen molar-refractivity contribution in [3.63, 3.8) is 0 Å². The number of imidazole rings is 1.